The van der Waals surface area contributed by atoms with E-state index < -0.39 is 6.10 Å². The SMILES string of the molecule is CC(C)Nc1nc(N)c(C(=O)N2CCCC(O)C2)s1. The maximum atomic E-state index is 12.3. The molecule has 1 fully saturated rings. The van der Waals surface area contributed by atoms with Crippen LogP contribution in [-0.4, -0.2) is 46.1 Å². The Labute approximate surface area is 116 Å². The highest BCUT2D eigenvalue weighted by atomic mass is 32.1. The summed E-state index contributed by atoms with van der Waals surface area (Å²) in [7, 11) is 0. The van der Waals surface area contributed by atoms with Crippen molar-refractivity contribution < 1.29 is 9.90 Å². The molecule has 7 heteroatoms. The molecule has 4 N–H and O–H groups in total. The smallest absolute Gasteiger partial charge is 0.267 e. The van der Waals surface area contributed by atoms with Gasteiger partial charge in [-0.05, 0) is 26.7 Å². The molecule has 2 heterocycles. The molecule has 0 aliphatic carbocycles. The number of amides is 1. The summed E-state index contributed by atoms with van der Waals surface area (Å²) < 4.78 is 0. The molecule has 0 aromatic carbocycles. The summed E-state index contributed by atoms with van der Waals surface area (Å²) in [6, 6.07) is 0.241. The molecular formula is C12H20N4O2S. The van der Waals surface area contributed by atoms with Crippen LogP contribution in [-0.2, 0) is 0 Å². The summed E-state index contributed by atoms with van der Waals surface area (Å²) in [5.74, 6) is 0.128. The van der Waals surface area contributed by atoms with Gasteiger partial charge in [0.1, 0.15) is 10.7 Å². The fraction of sp³-hybridized carbons (Fsp3) is 0.667. The van der Waals surface area contributed by atoms with Crippen LogP contribution in [0.25, 0.3) is 0 Å². The van der Waals surface area contributed by atoms with E-state index in [2.05, 4.69) is 10.3 Å². The summed E-state index contributed by atoms with van der Waals surface area (Å²) in [5.41, 5.74) is 5.81. The first kappa shape index (κ1) is 14.1. The van der Waals surface area contributed by atoms with Crippen LogP contribution < -0.4 is 11.1 Å². The summed E-state index contributed by atoms with van der Waals surface area (Å²) in [4.78, 5) is 18.6. The number of piperidine rings is 1. The quantitative estimate of drug-likeness (QED) is 0.774. The first-order valence-corrected chi connectivity index (χ1v) is 7.29. The Morgan fingerprint density at radius 3 is 3.00 bits per heavy atom. The van der Waals surface area contributed by atoms with E-state index in [9.17, 15) is 9.90 Å². The lowest BCUT2D eigenvalue weighted by Gasteiger charge is -2.29. The predicted molar refractivity (Wildman–Crippen MR) is 76.4 cm³/mol. The number of nitrogens with one attached hydrogen (secondary N) is 1. The third kappa shape index (κ3) is 3.36. The van der Waals surface area contributed by atoms with Crippen molar-refractivity contribution in [2.45, 2.75) is 38.8 Å². The number of nitrogens with two attached hydrogens (primary N) is 1. The molecule has 2 rings (SSSR count). The van der Waals surface area contributed by atoms with Crippen LogP contribution >= 0.6 is 11.3 Å². The standard InChI is InChI=1S/C12H20N4O2S/c1-7(2)14-12-15-10(13)9(19-12)11(18)16-5-3-4-8(17)6-16/h7-8,17H,3-6,13H2,1-2H3,(H,14,15). The highest BCUT2D eigenvalue weighted by molar-refractivity contribution is 7.18. The van der Waals surface area contributed by atoms with Crippen LogP contribution in [0.15, 0.2) is 0 Å². The van der Waals surface area contributed by atoms with Crippen molar-refractivity contribution in [1.29, 1.82) is 0 Å². The largest absolute Gasteiger partial charge is 0.391 e. The number of nitrogens with zero attached hydrogens (tertiary/aromatic N) is 2. The average molecular weight is 284 g/mol. The number of aliphatic hydroxyl groups is 1. The molecule has 1 aromatic heterocycles. The maximum Gasteiger partial charge on any atom is 0.267 e. The maximum absolute atomic E-state index is 12.3. The van der Waals surface area contributed by atoms with E-state index in [1.807, 2.05) is 13.8 Å². The normalized spacial score (nSPS) is 19.8. The Balaban J connectivity index is 2.12. The number of rotatable bonds is 3. The van der Waals surface area contributed by atoms with Crippen LogP contribution in [0, 0.1) is 0 Å². The zero-order valence-electron chi connectivity index (χ0n) is 11.2. The van der Waals surface area contributed by atoms with Crippen molar-refractivity contribution in [2.24, 2.45) is 0 Å². The molecule has 0 saturated carbocycles. The molecule has 1 aliphatic rings. The Morgan fingerprint density at radius 1 is 1.63 bits per heavy atom. The number of thiazole rings is 1. The van der Waals surface area contributed by atoms with Crippen LogP contribution in [0.2, 0.25) is 0 Å². The zero-order chi connectivity index (χ0) is 14.0. The fourth-order valence-corrected chi connectivity index (χ4v) is 3.08. The lowest BCUT2D eigenvalue weighted by molar-refractivity contribution is 0.0478. The number of aliphatic hydroxyl groups excluding tert-OH is 1. The van der Waals surface area contributed by atoms with Crippen LogP contribution in [0.1, 0.15) is 36.4 Å². The zero-order valence-corrected chi connectivity index (χ0v) is 12.0. The molecule has 1 atom stereocenters. The number of anilines is 2. The first-order valence-electron chi connectivity index (χ1n) is 6.47. The summed E-state index contributed by atoms with van der Waals surface area (Å²) >= 11 is 1.27. The lowest BCUT2D eigenvalue weighted by Crippen LogP contribution is -2.42. The van der Waals surface area contributed by atoms with Gasteiger partial charge in [0.05, 0.1) is 6.10 Å². The Kier molecular flexibility index (Phi) is 4.26. The van der Waals surface area contributed by atoms with E-state index in [1.165, 1.54) is 11.3 Å². The molecule has 0 bridgehead atoms. The second-order valence-electron chi connectivity index (χ2n) is 5.08. The Hall–Kier alpha value is -1.34. The van der Waals surface area contributed by atoms with Crippen molar-refractivity contribution in [1.82, 2.24) is 9.88 Å². The highest BCUT2D eigenvalue weighted by Gasteiger charge is 2.26. The fourth-order valence-electron chi connectivity index (χ4n) is 2.08. The van der Waals surface area contributed by atoms with Crippen molar-refractivity contribution in [3.05, 3.63) is 4.88 Å². The molecule has 1 unspecified atom stereocenters. The van der Waals surface area contributed by atoms with Crippen molar-refractivity contribution in [3.8, 4) is 0 Å². The lowest BCUT2D eigenvalue weighted by atomic mass is 10.1. The molecular weight excluding hydrogens is 264 g/mol. The van der Waals surface area contributed by atoms with E-state index in [-0.39, 0.29) is 17.8 Å². The minimum absolute atomic E-state index is 0.134. The number of aromatic nitrogens is 1. The minimum atomic E-state index is -0.430. The summed E-state index contributed by atoms with van der Waals surface area (Å²) in [6.07, 6.45) is 1.14. The molecule has 1 amide bonds. The van der Waals surface area contributed by atoms with E-state index in [4.69, 9.17) is 5.73 Å². The van der Waals surface area contributed by atoms with Crippen LogP contribution in [0.3, 0.4) is 0 Å². The Morgan fingerprint density at radius 2 is 2.37 bits per heavy atom. The number of hydrogen-bond donors (Lipinski definition) is 3. The van der Waals surface area contributed by atoms with Gasteiger partial charge in [0.2, 0.25) is 0 Å². The van der Waals surface area contributed by atoms with Gasteiger partial charge < -0.3 is 21.1 Å². The third-order valence-electron chi connectivity index (χ3n) is 2.94. The van der Waals surface area contributed by atoms with E-state index in [1.54, 1.807) is 4.90 Å². The van der Waals surface area contributed by atoms with Gasteiger partial charge in [-0.2, -0.15) is 0 Å². The topological polar surface area (TPSA) is 91.5 Å². The summed E-state index contributed by atoms with van der Waals surface area (Å²) in [5, 5.41) is 13.4. The van der Waals surface area contributed by atoms with Crippen molar-refractivity contribution >= 4 is 28.2 Å². The van der Waals surface area contributed by atoms with Gasteiger partial charge in [-0.15, -0.1) is 0 Å². The van der Waals surface area contributed by atoms with E-state index in [0.717, 1.165) is 12.8 Å². The van der Waals surface area contributed by atoms with Gasteiger partial charge in [-0.3, -0.25) is 4.79 Å². The molecule has 1 aromatic rings. The molecule has 1 aliphatic heterocycles. The number of likely N-dealkylation sites (tertiary alicyclic amines) is 1. The molecule has 6 nitrogen and oxygen atoms in total. The molecule has 106 valence electrons. The number of β-amino-alcohol motifs (C(OH)–C–C–N with tert-alkyl or cyclic N) is 1. The third-order valence-corrected chi connectivity index (χ3v) is 3.93. The second kappa shape index (κ2) is 5.75. The van der Waals surface area contributed by atoms with E-state index in [0.29, 0.717) is 23.1 Å². The molecule has 0 radical (unpaired) electrons. The van der Waals surface area contributed by atoms with Crippen LogP contribution in [0.5, 0.6) is 0 Å². The van der Waals surface area contributed by atoms with Gasteiger partial charge in [-0.1, -0.05) is 11.3 Å². The van der Waals surface area contributed by atoms with Gasteiger partial charge >= 0.3 is 0 Å². The number of hydrogen-bond acceptors (Lipinski definition) is 6. The number of nitrogen functional groups attached to an aromatic ring is 1. The van der Waals surface area contributed by atoms with Gasteiger partial charge in [0, 0.05) is 19.1 Å². The highest BCUT2D eigenvalue weighted by Crippen LogP contribution is 2.27. The Bertz CT molecular complexity index is 461. The first-order chi connectivity index (χ1) is 8.97. The summed E-state index contributed by atoms with van der Waals surface area (Å²) in [6.45, 7) is 5.05. The second-order valence-corrected chi connectivity index (χ2v) is 6.08. The van der Waals surface area contributed by atoms with Crippen LogP contribution in [0.4, 0.5) is 10.9 Å². The number of carbonyl (C=O) groups is 1. The van der Waals surface area contributed by atoms with Crippen molar-refractivity contribution in [3.63, 3.8) is 0 Å². The predicted octanol–water partition coefficient (Wildman–Crippen LogP) is 1.14. The van der Waals surface area contributed by atoms with Gasteiger partial charge in [0.25, 0.3) is 5.91 Å². The van der Waals surface area contributed by atoms with E-state index >= 15 is 0 Å². The average Bonchev–Trinajstić information content (AvgIpc) is 2.68. The van der Waals surface area contributed by atoms with Gasteiger partial charge in [0.15, 0.2) is 5.13 Å². The molecule has 19 heavy (non-hydrogen) atoms. The minimum Gasteiger partial charge on any atom is -0.391 e. The number of carbonyl (C=O) groups excluding carboxylic acids is 1. The molecule has 0 spiro atoms. The van der Waals surface area contributed by atoms with Gasteiger partial charge in [-0.25, -0.2) is 4.98 Å². The molecule has 1 saturated heterocycles. The van der Waals surface area contributed by atoms with Crippen molar-refractivity contribution in [2.75, 3.05) is 24.1 Å². The monoisotopic (exact) mass is 284 g/mol.